The van der Waals surface area contributed by atoms with Gasteiger partial charge < -0.3 is 14.8 Å². The van der Waals surface area contributed by atoms with Gasteiger partial charge in [0.15, 0.2) is 0 Å². The van der Waals surface area contributed by atoms with Crippen molar-refractivity contribution in [3.05, 3.63) is 58.6 Å². The van der Waals surface area contributed by atoms with Gasteiger partial charge in [-0.05, 0) is 30.7 Å². The first-order valence-electron chi connectivity index (χ1n) is 7.05. The van der Waals surface area contributed by atoms with Crippen molar-refractivity contribution >= 4 is 27.6 Å². The molecule has 0 aliphatic heterocycles. The molecule has 2 aromatic rings. The van der Waals surface area contributed by atoms with Crippen LogP contribution in [0.25, 0.3) is 0 Å². The summed E-state index contributed by atoms with van der Waals surface area (Å²) in [5, 5.41) is 3.05. The van der Waals surface area contributed by atoms with Crippen LogP contribution >= 0.6 is 15.9 Å². The molecule has 22 heavy (non-hydrogen) atoms. The predicted octanol–water partition coefficient (Wildman–Crippen LogP) is 4.00. The van der Waals surface area contributed by atoms with Gasteiger partial charge in [-0.15, -0.1) is 0 Å². The first-order chi connectivity index (χ1) is 10.7. The van der Waals surface area contributed by atoms with Crippen LogP contribution in [0.1, 0.15) is 12.5 Å². The van der Waals surface area contributed by atoms with Crippen LogP contribution in [-0.4, -0.2) is 19.1 Å². The van der Waals surface area contributed by atoms with Gasteiger partial charge in [-0.3, -0.25) is 4.79 Å². The number of esters is 1. The maximum Gasteiger partial charge on any atom is 0.325 e. The lowest BCUT2D eigenvalue weighted by Gasteiger charge is -2.13. The number of benzene rings is 2. The van der Waals surface area contributed by atoms with Gasteiger partial charge in [-0.1, -0.05) is 46.3 Å². The van der Waals surface area contributed by atoms with Crippen LogP contribution in [0.3, 0.4) is 0 Å². The minimum Gasteiger partial charge on any atom is -0.487 e. The van der Waals surface area contributed by atoms with Crippen LogP contribution in [-0.2, 0) is 16.1 Å². The van der Waals surface area contributed by atoms with Crippen LogP contribution in [0.15, 0.2) is 53.0 Å². The predicted molar refractivity (Wildman–Crippen MR) is 90.0 cm³/mol. The molecule has 0 unspecified atom stereocenters. The summed E-state index contributed by atoms with van der Waals surface area (Å²) < 4.78 is 11.7. The lowest BCUT2D eigenvalue weighted by Crippen LogP contribution is -2.17. The summed E-state index contributed by atoms with van der Waals surface area (Å²) in [6, 6.07) is 15.6. The van der Waals surface area contributed by atoms with E-state index in [0.29, 0.717) is 19.0 Å². The molecule has 0 aromatic heterocycles. The quantitative estimate of drug-likeness (QED) is 0.755. The molecule has 0 atom stereocenters. The van der Waals surface area contributed by atoms with Gasteiger partial charge in [-0.2, -0.15) is 0 Å². The molecule has 0 amide bonds. The summed E-state index contributed by atoms with van der Waals surface area (Å²) in [7, 11) is 0. The molecule has 0 spiro atoms. The molecule has 4 nitrogen and oxygen atoms in total. The molecule has 1 N–H and O–H groups in total. The zero-order valence-electron chi connectivity index (χ0n) is 12.3. The second-order valence-electron chi connectivity index (χ2n) is 4.57. The molecular formula is C17H18BrNO3. The second-order valence-corrected chi connectivity index (χ2v) is 5.49. The zero-order chi connectivity index (χ0) is 15.8. The fraction of sp³-hybridized carbons (Fsp3) is 0.235. The SMILES string of the molecule is CCOC(=O)CNc1cc(Br)ccc1OCc1ccccc1. The van der Waals surface area contributed by atoms with E-state index in [4.69, 9.17) is 9.47 Å². The van der Waals surface area contributed by atoms with E-state index in [1.54, 1.807) is 6.92 Å². The van der Waals surface area contributed by atoms with E-state index in [2.05, 4.69) is 21.2 Å². The number of hydrogen-bond acceptors (Lipinski definition) is 4. The summed E-state index contributed by atoms with van der Waals surface area (Å²) in [6.45, 7) is 2.73. The molecule has 0 heterocycles. The summed E-state index contributed by atoms with van der Waals surface area (Å²) in [4.78, 5) is 11.5. The van der Waals surface area contributed by atoms with Crippen molar-refractivity contribution in [3.63, 3.8) is 0 Å². The number of hydrogen-bond donors (Lipinski definition) is 1. The van der Waals surface area contributed by atoms with Crippen LogP contribution in [0, 0.1) is 0 Å². The molecule has 2 rings (SSSR count). The zero-order valence-corrected chi connectivity index (χ0v) is 13.9. The molecule has 0 radical (unpaired) electrons. The van der Waals surface area contributed by atoms with Crippen LogP contribution < -0.4 is 10.1 Å². The third kappa shape index (κ3) is 5.07. The van der Waals surface area contributed by atoms with Crippen molar-refractivity contribution < 1.29 is 14.3 Å². The van der Waals surface area contributed by atoms with E-state index < -0.39 is 0 Å². The Bertz CT molecular complexity index is 617. The van der Waals surface area contributed by atoms with Crippen molar-refractivity contribution in [2.24, 2.45) is 0 Å². The van der Waals surface area contributed by atoms with Crippen LogP contribution in [0.4, 0.5) is 5.69 Å². The Balaban J connectivity index is 2.02. The van der Waals surface area contributed by atoms with Crippen molar-refractivity contribution in [3.8, 4) is 5.75 Å². The van der Waals surface area contributed by atoms with E-state index in [1.165, 1.54) is 0 Å². The number of nitrogens with one attached hydrogen (secondary N) is 1. The van der Waals surface area contributed by atoms with Crippen molar-refractivity contribution in [1.29, 1.82) is 0 Å². The first-order valence-corrected chi connectivity index (χ1v) is 7.84. The minimum atomic E-state index is -0.295. The van der Waals surface area contributed by atoms with Gasteiger partial charge in [0.1, 0.15) is 18.9 Å². The summed E-state index contributed by atoms with van der Waals surface area (Å²) >= 11 is 3.42. The number of carbonyl (C=O) groups excluding carboxylic acids is 1. The molecule has 0 aliphatic rings. The average Bonchev–Trinajstić information content (AvgIpc) is 2.53. The van der Waals surface area contributed by atoms with Crippen molar-refractivity contribution in [2.45, 2.75) is 13.5 Å². The topological polar surface area (TPSA) is 47.6 Å². The van der Waals surface area contributed by atoms with Crippen molar-refractivity contribution in [1.82, 2.24) is 0 Å². The van der Waals surface area contributed by atoms with Gasteiger partial charge >= 0.3 is 5.97 Å². The van der Waals surface area contributed by atoms with Gasteiger partial charge in [0.05, 0.1) is 12.3 Å². The Labute approximate surface area is 138 Å². The van der Waals surface area contributed by atoms with E-state index in [1.807, 2.05) is 48.5 Å². The highest BCUT2D eigenvalue weighted by Crippen LogP contribution is 2.28. The highest BCUT2D eigenvalue weighted by molar-refractivity contribution is 9.10. The van der Waals surface area contributed by atoms with E-state index in [-0.39, 0.29) is 12.5 Å². The fourth-order valence-corrected chi connectivity index (χ4v) is 2.24. The molecule has 0 bridgehead atoms. The molecule has 5 heteroatoms. The minimum absolute atomic E-state index is 0.103. The third-order valence-corrected chi connectivity index (χ3v) is 3.40. The maximum absolute atomic E-state index is 11.5. The second kappa shape index (κ2) is 8.44. The number of halogens is 1. The highest BCUT2D eigenvalue weighted by Gasteiger charge is 2.08. The van der Waals surface area contributed by atoms with Crippen LogP contribution in [0.2, 0.25) is 0 Å². The first kappa shape index (κ1) is 16.4. The van der Waals surface area contributed by atoms with Gasteiger partial charge in [0, 0.05) is 4.47 Å². The van der Waals surface area contributed by atoms with Gasteiger partial charge in [0.25, 0.3) is 0 Å². The molecule has 0 saturated carbocycles. The fourth-order valence-electron chi connectivity index (χ4n) is 1.88. The molecule has 0 fully saturated rings. The Morgan fingerprint density at radius 2 is 1.95 bits per heavy atom. The Hall–Kier alpha value is -2.01. The van der Waals surface area contributed by atoms with Crippen LogP contribution in [0.5, 0.6) is 5.75 Å². The van der Waals surface area contributed by atoms with Gasteiger partial charge in [-0.25, -0.2) is 0 Å². The average molecular weight is 364 g/mol. The van der Waals surface area contributed by atoms with Crippen molar-refractivity contribution in [2.75, 3.05) is 18.5 Å². The highest BCUT2D eigenvalue weighted by atomic mass is 79.9. The largest absolute Gasteiger partial charge is 0.487 e. The van der Waals surface area contributed by atoms with E-state index in [9.17, 15) is 4.79 Å². The molecule has 0 aliphatic carbocycles. The lowest BCUT2D eigenvalue weighted by molar-refractivity contribution is -0.140. The standard InChI is InChI=1S/C17H18BrNO3/c1-2-21-17(20)11-19-15-10-14(18)8-9-16(15)22-12-13-6-4-3-5-7-13/h3-10,19H,2,11-12H2,1H3. The smallest absolute Gasteiger partial charge is 0.325 e. The number of carbonyl (C=O) groups is 1. The Kier molecular flexibility index (Phi) is 6.27. The third-order valence-electron chi connectivity index (χ3n) is 2.91. The normalized spacial score (nSPS) is 10.1. The van der Waals surface area contributed by atoms with E-state index in [0.717, 1.165) is 15.7 Å². The summed E-state index contributed by atoms with van der Waals surface area (Å²) in [5.41, 5.74) is 1.83. The lowest BCUT2D eigenvalue weighted by atomic mass is 10.2. The summed E-state index contributed by atoms with van der Waals surface area (Å²) in [5.74, 6) is 0.396. The molecular weight excluding hydrogens is 346 g/mol. The Morgan fingerprint density at radius 3 is 2.68 bits per heavy atom. The maximum atomic E-state index is 11.5. The van der Waals surface area contributed by atoms with E-state index >= 15 is 0 Å². The monoisotopic (exact) mass is 363 g/mol. The number of ether oxygens (including phenoxy) is 2. The molecule has 116 valence electrons. The number of anilines is 1. The van der Waals surface area contributed by atoms with Gasteiger partial charge in [0.2, 0.25) is 0 Å². The Morgan fingerprint density at radius 1 is 1.18 bits per heavy atom. The summed E-state index contributed by atoms with van der Waals surface area (Å²) in [6.07, 6.45) is 0. The molecule has 0 saturated heterocycles. The molecule has 2 aromatic carbocycles. The number of rotatable bonds is 7.